The van der Waals surface area contributed by atoms with Crippen LogP contribution in [0, 0.1) is 0 Å². The van der Waals surface area contributed by atoms with Gasteiger partial charge in [0.1, 0.15) is 5.75 Å². The van der Waals surface area contributed by atoms with Crippen LogP contribution in [-0.2, 0) is 9.53 Å². The Morgan fingerprint density at radius 3 is 2.67 bits per heavy atom. The van der Waals surface area contributed by atoms with Gasteiger partial charge in [0.25, 0.3) is 0 Å². The third-order valence-corrected chi connectivity index (χ3v) is 4.81. The van der Waals surface area contributed by atoms with Gasteiger partial charge in [-0.25, -0.2) is 4.79 Å². The average Bonchev–Trinajstić information content (AvgIpc) is 2.67. The number of nitrogens with one attached hydrogen (secondary N) is 2. The summed E-state index contributed by atoms with van der Waals surface area (Å²) in [5.41, 5.74) is 2.25. The number of carbonyl (C=O) groups is 1. The van der Waals surface area contributed by atoms with Gasteiger partial charge >= 0.3 is 5.97 Å². The molecule has 0 unspecified atom stereocenters. The molecule has 0 radical (unpaired) electrons. The Morgan fingerprint density at radius 1 is 1.19 bits per heavy atom. The minimum absolute atomic E-state index is 0.311. The molecule has 1 heterocycles. The summed E-state index contributed by atoms with van der Waals surface area (Å²) in [5.74, 6) is 0.358. The van der Waals surface area contributed by atoms with Crippen molar-refractivity contribution in [3.05, 3.63) is 53.2 Å². The van der Waals surface area contributed by atoms with Gasteiger partial charge in [-0.3, -0.25) is 0 Å². The number of hydrogen-bond donors (Lipinski definition) is 2. The first-order valence-corrected chi connectivity index (χ1v) is 9.54. The molecule has 142 valence electrons. The van der Waals surface area contributed by atoms with Crippen LogP contribution in [0.25, 0.3) is 10.8 Å². The second kappa shape index (κ2) is 8.39. The maximum absolute atomic E-state index is 12.9. The van der Waals surface area contributed by atoms with Crippen molar-refractivity contribution in [2.75, 3.05) is 13.7 Å². The molecule has 27 heavy (non-hydrogen) atoms. The van der Waals surface area contributed by atoms with Gasteiger partial charge in [-0.1, -0.05) is 43.7 Å². The van der Waals surface area contributed by atoms with Crippen molar-refractivity contribution in [3.8, 4) is 5.75 Å². The number of rotatable bonds is 6. The van der Waals surface area contributed by atoms with Crippen LogP contribution in [0.15, 0.2) is 47.7 Å². The number of ether oxygens (including phenoxy) is 2. The lowest BCUT2D eigenvalue weighted by Gasteiger charge is -2.32. The van der Waals surface area contributed by atoms with Gasteiger partial charge in [-0.15, -0.1) is 0 Å². The number of fused-ring (bicyclic) bond motifs is 1. The normalized spacial score (nSPS) is 16.7. The fraction of sp³-hybridized carbons (Fsp3) is 0.333. The van der Waals surface area contributed by atoms with E-state index in [1.807, 2.05) is 36.4 Å². The number of methoxy groups -OCH3 is 1. The van der Waals surface area contributed by atoms with Gasteiger partial charge in [0.05, 0.1) is 25.3 Å². The van der Waals surface area contributed by atoms with Crippen LogP contribution in [0.4, 0.5) is 0 Å². The monoisotopic (exact) mass is 384 g/mol. The standard InChI is InChI=1S/C21H24N2O3S/c1-4-8-15-18(20(24)26-5-2)19(23-21(27)22-15)17-14-10-7-6-9-13(14)11-12-16(17)25-3/h6-7,9-12,19H,4-5,8H2,1-3H3,(H2,22,23,27)/t19-/m1/s1. The first-order valence-electron chi connectivity index (χ1n) is 9.14. The lowest BCUT2D eigenvalue weighted by Crippen LogP contribution is -2.46. The van der Waals surface area contributed by atoms with Crippen LogP contribution in [0.3, 0.4) is 0 Å². The van der Waals surface area contributed by atoms with Crippen molar-refractivity contribution in [1.29, 1.82) is 0 Å². The van der Waals surface area contributed by atoms with E-state index in [0.29, 0.717) is 29.5 Å². The van der Waals surface area contributed by atoms with Crippen LogP contribution in [0.2, 0.25) is 0 Å². The van der Waals surface area contributed by atoms with Crippen LogP contribution in [0.1, 0.15) is 38.3 Å². The average molecular weight is 385 g/mol. The van der Waals surface area contributed by atoms with Crippen molar-refractivity contribution in [1.82, 2.24) is 10.6 Å². The van der Waals surface area contributed by atoms with Gasteiger partial charge in [-0.05, 0) is 42.4 Å². The highest BCUT2D eigenvalue weighted by Crippen LogP contribution is 2.39. The summed E-state index contributed by atoms with van der Waals surface area (Å²) in [6.07, 6.45) is 1.59. The molecule has 0 fully saturated rings. The van der Waals surface area contributed by atoms with Gasteiger partial charge in [0.2, 0.25) is 0 Å². The molecular formula is C21H24N2O3S. The zero-order chi connectivity index (χ0) is 19.4. The molecule has 1 atom stereocenters. The lowest BCUT2D eigenvalue weighted by atomic mass is 9.89. The fourth-order valence-electron chi connectivity index (χ4n) is 3.48. The third kappa shape index (κ3) is 3.76. The Kier molecular flexibility index (Phi) is 5.96. The molecule has 5 nitrogen and oxygen atoms in total. The molecule has 2 N–H and O–H groups in total. The summed E-state index contributed by atoms with van der Waals surface area (Å²) >= 11 is 5.43. The van der Waals surface area contributed by atoms with Gasteiger partial charge in [-0.2, -0.15) is 0 Å². The number of benzene rings is 2. The number of esters is 1. The topological polar surface area (TPSA) is 59.6 Å². The Morgan fingerprint density at radius 2 is 1.96 bits per heavy atom. The highest BCUT2D eigenvalue weighted by molar-refractivity contribution is 7.80. The lowest BCUT2D eigenvalue weighted by molar-refractivity contribution is -0.139. The summed E-state index contributed by atoms with van der Waals surface area (Å²) in [5, 5.41) is 8.98. The summed E-state index contributed by atoms with van der Waals surface area (Å²) in [4.78, 5) is 12.9. The first-order chi connectivity index (χ1) is 13.1. The molecule has 6 heteroatoms. The minimum atomic E-state index is -0.444. The van der Waals surface area contributed by atoms with Crippen LogP contribution >= 0.6 is 12.2 Å². The van der Waals surface area contributed by atoms with E-state index in [9.17, 15) is 4.79 Å². The molecule has 0 bridgehead atoms. The van der Waals surface area contributed by atoms with Crippen molar-refractivity contribution < 1.29 is 14.3 Å². The molecule has 1 aliphatic rings. The van der Waals surface area contributed by atoms with Crippen LogP contribution in [-0.4, -0.2) is 24.8 Å². The van der Waals surface area contributed by atoms with Crippen molar-refractivity contribution in [3.63, 3.8) is 0 Å². The van der Waals surface area contributed by atoms with Crippen LogP contribution in [0.5, 0.6) is 5.75 Å². The largest absolute Gasteiger partial charge is 0.496 e. The van der Waals surface area contributed by atoms with E-state index in [0.717, 1.165) is 28.5 Å². The summed E-state index contributed by atoms with van der Waals surface area (Å²) in [7, 11) is 1.63. The maximum Gasteiger partial charge on any atom is 0.338 e. The highest BCUT2D eigenvalue weighted by Gasteiger charge is 2.34. The van der Waals surface area contributed by atoms with E-state index in [-0.39, 0.29) is 5.97 Å². The first kappa shape index (κ1) is 19.2. The van der Waals surface area contributed by atoms with Crippen LogP contribution < -0.4 is 15.4 Å². The van der Waals surface area contributed by atoms with Gasteiger partial charge in [0, 0.05) is 11.3 Å². The molecule has 2 aromatic rings. The molecule has 1 aliphatic heterocycles. The van der Waals surface area contributed by atoms with E-state index in [1.54, 1.807) is 14.0 Å². The number of allylic oxidation sites excluding steroid dienone is 1. The predicted octanol–water partition coefficient (Wildman–Crippen LogP) is 3.98. The SMILES string of the molecule is CCCC1=C(C(=O)OCC)[C@@H](c2c(OC)ccc3ccccc23)NC(=S)N1. The van der Waals surface area contributed by atoms with E-state index in [1.165, 1.54) is 0 Å². The second-order valence-electron chi connectivity index (χ2n) is 6.30. The Labute approximate surface area is 164 Å². The molecule has 0 aliphatic carbocycles. The molecular weight excluding hydrogens is 360 g/mol. The van der Waals surface area contributed by atoms with Crippen molar-refractivity contribution in [2.24, 2.45) is 0 Å². The molecule has 0 saturated heterocycles. The zero-order valence-corrected chi connectivity index (χ0v) is 16.6. The summed E-state index contributed by atoms with van der Waals surface area (Å²) < 4.78 is 11.0. The van der Waals surface area contributed by atoms with Gasteiger partial charge < -0.3 is 20.1 Å². The van der Waals surface area contributed by atoms with E-state index in [4.69, 9.17) is 21.7 Å². The zero-order valence-electron chi connectivity index (χ0n) is 15.8. The second-order valence-corrected chi connectivity index (χ2v) is 6.71. The maximum atomic E-state index is 12.9. The Bertz CT molecular complexity index is 907. The molecule has 3 rings (SSSR count). The number of carbonyl (C=O) groups excluding carboxylic acids is 1. The molecule has 0 saturated carbocycles. The van der Waals surface area contributed by atoms with E-state index >= 15 is 0 Å². The molecule has 0 spiro atoms. The van der Waals surface area contributed by atoms with Crippen molar-refractivity contribution in [2.45, 2.75) is 32.7 Å². The number of hydrogen-bond acceptors (Lipinski definition) is 4. The van der Waals surface area contributed by atoms with Gasteiger partial charge in [0.15, 0.2) is 5.11 Å². The number of thiocarbonyl (C=S) groups is 1. The third-order valence-electron chi connectivity index (χ3n) is 4.59. The summed E-state index contributed by atoms with van der Waals surface area (Å²) in [6.45, 7) is 4.18. The highest BCUT2D eigenvalue weighted by atomic mass is 32.1. The van der Waals surface area contributed by atoms with E-state index in [2.05, 4.69) is 17.6 Å². The smallest absolute Gasteiger partial charge is 0.338 e. The predicted molar refractivity (Wildman–Crippen MR) is 111 cm³/mol. The Hall–Kier alpha value is -2.60. The summed E-state index contributed by atoms with van der Waals surface area (Å²) in [6, 6.07) is 11.5. The minimum Gasteiger partial charge on any atom is -0.496 e. The molecule has 0 aromatic heterocycles. The molecule has 2 aromatic carbocycles. The Balaban J connectivity index is 2.26. The fourth-order valence-corrected chi connectivity index (χ4v) is 3.72. The molecule has 0 amide bonds. The van der Waals surface area contributed by atoms with E-state index < -0.39 is 6.04 Å². The quantitative estimate of drug-likeness (QED) is 0.580. The van der Waals surface area contributed by atoms with Crippen molar-refractivity contribution >= 4 is 34.1 Å².